The summed E-state index contributed by atoms with van der Waals surface area (Å²) in [4.78, 5) is 32.0. The zero-order chi connectivity index (χ0) is 12.7. The number of aromatic amines is 2. The fraction of sp³-hybridized carbons (Fsp3) is 0.0833. The van der Waals surface area contributed by atoms with Gasteiger partial charge in [0.15, 0.2) is 11.2 Å². The molecule has 0 radical (unpaired) electrons. The molecule has 0 fully saturated rings. The Bertz CT molecular complexity index is 827. The third kappa shape index (κ3) is 1.46. The number of fused-ring (bicyclic) bond motifs is 1. The summed E-state index contributed by atoms with van der Waals surface area (Å²) in [6.45, 7) is 1.78. The van der Waals surface area contributed by atoms with E-state index in [0.29, 0.717) is 17.0 Å². The average Bonchev–Trinajstić information content (AvgIpc) is 2.66. The van der Waals surface area contributed by atoms with Crippen LogP contribution >= 0.6 is 0 Å². The van der Waals surface area contributed by atoms with E-state index in [-0.39, 0.29) is 0 Å². The van der Waals surface area contributed by atoms with Crippen molar-refractivity contribution in [2.45, 2.75) is 6.92 Å². The molecule has 0 saturated heterocycles. The van der Waals surface area contributed by atoms with Gasteiger partial charge in [0.25, 0.3) is 5.56 Å². The highest BCUT2D eigenvalue weighted by atomic mass is 16.2. The van der Waals surface area contributed by atoms with Crippen molar-refractivity contribution in [1.82, 2.24) is 19.5 Å². The number of aryl methyl sites for hydroxylation is 1. The molecule has 0 unspecified atom stereocenters. The largest absolute Gasteiger partial charge is 0.327 e. The highest BCUT2D eigenvalue weighted by Crippen LogP contribution is 2.15. The lowest BCUT2D eigenvalue weighted by molar-refractivity contribution is 0.992. The van der Waals surface area contributed by atoms with E-state index in [1.54, 1.807) is 11.5 Å². The minimum atomic E-state index is -0.551. The average molecular weight is 242 g/mol. The van der Waals surface area contributed by atoms with Crippen LogP contribution in [0.3, 0.4) is 0 Å². The van der Waals surface area contributed by atoms with Crippen molar-refractivity contribution in [2.75, 3.05) is 0 Å². The van der Waals surface area contributed by atoms with Gasteiger partial charge in [-0.2, -0.15) is 0 Å². The highest BCUT2D eigenvalue weighted by molar-refractivity contribution is 5.72. The van der Waals surface area contributed by atoms with Gasteiger partial charge in [0, 0.05) is 5.69 Å². The summed E-state index contributed by atoms with van der Waals surface area (Å²) in [7, 11) is 0. The Kier molecular flexibility index (Phi) is 2.16. The number of aromatic nitrogens is 4. The van der Waals surface area contributed by atoms with E-state index in [4.69, 9.17) is 0 Å². The van der Waals surface area contributed by atoms with Gasteiger partial charge >= 0.3 is 5.69 Å². The third-order valence-corrected chi connectivity index (χ3v) is 2.73. The predicted molar refractivity (Wildman–Crippen MR) is 67.0 cm³/mol. The first-order valence-electron chi connectivity index (χ1n) is 5.44. The second-order valence-electron chi connectivity index (χ2n) is 3.94. The van der Waals surface area contributed by atoms with E-state index in [1.807, 2.05) is 30.3 Å². The molecular formula is C12H10N4O2. The summed E-state index contributed by atoms with van der Waals surface area (Å²) < 4.78 is 1.71. The highest BCUT2D eigenvalue weighted by Gasteiger charge is 2.13. The van der Waals surface area contributed by atoms with E-state index in [2.05, 4.69) is 15.0 Å². The molecule has 2 N–H and O–H groups in total. The Labute approximate surface area is 101 Å². The van der Waals surface area contributed by atoms with Gasteiger partial charge in [-0.25, -0.2) is 9.78 Å². The van der Waals surface area contributed by atoms with Gasteiger partial charge in [-0.3, -0.25) is 19.3 Å². The predicted octanol–water partition coefficient (Wildman–Crippen LogP) is 0.711. The number of H-pyrrole nitrogens is 2. The van der Waals surface area contributed by atoms with E-state index >= 15 is 0 Å². The Balaban J connectivity index is 2.47. The summed E-state index contributed by atoms with van der Waals surface area (Å²) in [6.07, 6.45) is 0. The zero-order valence-corrected chi connectivity index (χ0v) is 9.60. The Morgan fingerprint density at radius 1 is 1.11 bits per heavy atom. The quantitative estimate of drug-likeness (QED) is 0.659. The summed E-state index contributed by atoms with van der Waals surface area (Å²) in [5.41, 5.74) is 0.474. The molecule has 1 aromatic carbocycles. The molecule has 18 heavy (non-hydrogen) atoms. The van der Waals surface area contributed by atoms with Gasteiger partial charge in [0.2, 0.25) is 0 Å². The fourth-order valence-corrected chi connectivity index (χ4v) is 2.02. The number of imidazole rings is 1. The molecule has 0 aliphatic heterocycles. The smallest absolute Gasteiger partial charge is 0.290 e. The van der Waals surface area contributed by atoms with E-state index < -0.39 is 11.2 Å². The van der Waals surface area contributed by atoms with Gasteiger partial charge in [0.1, 0.15) is 5.82 Å². The lowest BCUT2D eigenvalue weighted by Gasteiger charge is -2.04. The van der Waals surface area contributed by atoms with Crippen LogP contribution in [0.2, 0.25) is 0 Å². The molecule has 0 bridgehead atoms. The first kappa shape index (κ1) is 10.5. The van der Waals surface area contributed by atoms with Crippen LogP contribution in [-0.2, 0) is 0 Å². The van der Waals surface area contributed by atoms with Crippen molar-refractivity contribution in [3.8, 4) is 5.69 Å². The molecule has 0 atom stereocenters. The molecule has 0 aliphatic rings. The maximum Gasteiger partial charge on any atom is 0.327 e. The lowest BCUT2D eigenvalue weighted by atomic mass is 10.3. The van der Waals surface area contributed by atoms with Crippen LogP contribution in [0.1, 0.15) is 5.82 Å². The maximum absolute atomic E-state index is 11.9. The molecule has 6 nitrogen and oxygen atoms in total. The monoisotopic (exact) mass is 242 g/mol. The minimum Gasteiger partial charge on any atom is -0.290 e. The van der Waals surface area contributed by atoms with Crippen molar-refractivity contribution in [1.29, 1.82) is 0 Å². The number of nitrogens with zero attached hydrogens (tertiary/aromatic N) is 2. The topological polar surface area (TPSA) is 83.5 Å². The Morgan fingerprint density at radius 3 is 2.56 bits per heavy atom. The number of para-hydroxylation sites is 1. The summed E-state index contributed by atoms with van der Waals surface area (Å²) in [5, 5.41) is 0. The molecule has 90 valence electrons. The van der Waals surface area contributed by atoms with Crippen molar-refractivity contribution in [3.63, 3.8) is 0 Å². The van der Waals surface area contributed by atoms with Crippen LogP contribution in [0, 0.1) is 6.92 Å². The van der Waals surface area contributed by atoms with Crippen LogP contribution in [0.15, 0.2) is 39.9 Å². The van der Waals surface area contributed by atoms with E-state index in [1.165, 1.54) is 0 Å². The number of rotatable bonds is 1. The fourth-order valence-electron chi connectivity index (χ4n) is 2.02. The molecule has 0 spiro atoms. The molecule has 3 rings (SSSR count). The SMILES string of the molecule is Cc1nc2[nH]c(=O)[nH]c(=O)c2n1-c1ccccc1. The molecule has 2 heterocycles. The second-order valence-corrected chi connectivity index (χ2v) is 3.94. The molecular weight excluding hydrogens is 232 g/mol. The van der Waals surface area contributed by atoms with Crippen LogP contribution < -0.4 is 11.2 Å². The van der Waals surface area contributed by atoms with Crippen LogP contribution in [-0.4, -0.2) is 19.5 Å². The van der Waals surface area contributed by atoms with Gasteiger partial charge in [-0.1, -0.05) is 18.2 Å². The summed E-state index contributed by atoms with van der Waals surface area (Å²) in [5.74, 6) is 0.642. The Hall–Kier alpha value is -2.63. The van der Waals surface area contributed by atoms with Crippen LogP contribution in [0.5, 0.6) is 0 Å². The standard InChI is InChI=1S/C12H10N4O2/c1-7-13-10-9(11(17)15-12(18)14-10)16(7)8-5-3-2-4-6-8/h2-6H,1H3,(H2,14,15,17,18). The number of hydrogen-bond acceptors (Lipinski definition) is 3. The summed E-state index contributed by atoms with van der Waals surface area (Å²) >= 11 is 0. The zero-order valence-electron chi connectivity index (χ0n) is 9.60. The number of hydrogen-bond donors (Lipinski definition) is 2. The first-order valence-corrected chi connectivity index (χ1v) is 5.44. The lowest BCUT2D eigenvalue weighted by Crippen LogP contribution is -2.23. The molecule has 0 amide bonds. The van der Waals surface area contributed by atoms with E-state index in [0.717, 1.165) is 5.69 Å². The number of benzene rings is 1. The minimum absolute atomic E-state index is 0.296. The molecule has 0 saturated carbocycles. The van der Waals surface area contributed by atoms with Crippen LogP contribution in [0.4, 0.5) is 0 Å². The molecule has 3 aromatic rings. The Morgan fingerprint density at radius 2 is 1.83 bits per heavy atom. The van der Waals surface area contributed by atoms with Gasteiger partial charge in [-0.15, -0.1) is 0 Å². The van der Waals surface area contributed by atoms with Crippen molar-refractivity contribution < 1.29 is 0 Å². The van der Waals surface area contributed by atoms with Gasteiger partial charge in [0.05, 0.1) is 0 Å². The second kappa shape index (κ2) is 3.69. The van der Waals surface area contributed by atoms with Crippen molar-refractivity contribution >= 4 is 11.2 Å². The van der Waals surface area contributed by atoms with Gasteiger partial charge in [-0.05, 0) is 19.1 Å². The third-order valence-electron chi connectivity index (χ3n) is 2.73. The molecule has 0 aliphatic carbocycles. The first-order chi connectivity index (χ1) is 8.66. The van der Waals surface area contributed by atoms with Crippen molar-refractivity contribution in [2.24, 2.45) is 0 Å². The van der Waals surface area contributed by atoms with Gasteiger partial charge < -0.3 is 0 Å². The molecule has 6 heteroatoms. The van der Waals surface area contributed by atoms with E-state index in [9.17, 15) is 9.59 Å². The normalized spacial score (nSPS) is 10.9. The summed E-state index contributed by atoms with van der Waals surface area (Å²) in [6, 6.07) is 9.39. The van der Waals surface area contributed by atoms with Crippen molar-refractivity contribution in [3.05, 3.63) is 57.0 Å². The molecule has 2 aromatic heterocycles. The number of nitrogens with one attached hydrogen (secondary N) is 2. The maximum atomic E-state index is 11.9. The van der Waals surface area contributed by atoms with Crippen LogP contribution in [0.25, 0.3) is 16.9 Å².